The van der Waals surface area contributed by atoms with Crippen molar-refractivity contribution < 1.29 is 4.79 Å². The van der Waals surface area contributed by atoms with Crippen LogP contribution in [0.2, 0.25) is 0 Å². The Bertz CT molecular complexity index is 420. The van der Waals surface area contributed by atoms with E-state index in [2.05, 4.69) is 4.98 Å². The number of amides is 1. The summed E-state index contributed by atoms with van der Waals surface area (Å²) in [7, 11) is 0. The number of aromatic nitrogens is 1. The Hall–Kier alpha value is -1.49. The molecule has 17 heavy (non-hydrogen) atoms. The summed E-state index contributed by atoms with van der Waals surface area (Å²) in [6, 6.07) is 3.69. The maximum absolute atomic E-state index is 12.2. The predicted molar refractivity (Wildman–Crippen MR) is 72.0 cm³/mol. The van der Waals surface area contributed by atoms with E-state index in [1.165, 1.54) is 0 Å². The quantitative estimate of drug-likeness (QED) is 0.806. The van der Waals surface area contributed by atoms with Gasteiger partial charge in [-0.3, -0.25) is 9.78 Å². The number of nitrogens with two attached hydrogens (primary N) is 1. The summed E-state index contributed by atoms with van der Waals surface area (Å²) >= 11 is 4.82. The molecule has 5 heteroatoms. The summed E-state index contributed by atoms with van der Waals surface area (Å²) in [5.41, 5.74) is 6.82. The minimum Gasteiger partial charge on any atom is -0.393 e. The molecule has 0 fully saturated rings. The largest absolute Gasteiger partial charge is 0.393 e. The summed E-state index contributed by atoms with van der Waals surface area (Å²) in [6.45, 7) is 4.97. The Kier molecular flexibility index (Phi) is 5.03. The molecule has 0 atom stereocenters. The van der Waals surface area contributed by atoms with Crippen LogP contribution in [0.15, 0.2) is 18.3 Å². The van der Waals surface area contributed by atoms with Gasteiger partial charge in [0.25, 0.3) is 5.91 Å². The zero-order chi connectivity index (χ0) is 12.8. The molecule has 1 heterocycles. The number of carbonyl (C=O) groups is 1. The summed E-state index contributed by atoms with van der Waals surface area (Å²) in [6.07, 6.45) is 2.17. The first-order valence-electron chi connectivity index (χ1n) is 5.55. The second kappa shape index (κ2) is 6.30. The van der Waals surface area contributed by atoms with Gasteiger partial charge in [-0.2, -0.15) is 0 Å². The van der Waals surface area contributed by atoms with Crippen molar-refractivity contribution in [3.8, 4) is 0 Å². The lowest BCUT2D eigenvalue weighted by atomic mass is 10.2. The van der Waals surface area contributed by atoms with Crippen molar-refractivity contribution in [2.75, 3.05) is 13.1 Å². The van der Waals surface area contributed by atoms with E-state index in [0.29, 0.717) is 30.2 Å². The van der Waals surface area contributed by atoms with Crippen molar-refractivity contribution in [1.82, 2.24) is 9.88 Å². The molecular weight excluding hydrogens is 234 g/mol. The van der Waals surface area contributed by atoms with Crippen LogP contribution in [0.1, 0.15) is 29.4 Å². The number of pyridine rings is 1. The monoisotopic (exact) mass is 251 g/mol. The van der Waals surface area contributed by atoms with Crippen LogP contribution >= 0.6 is 12.2 Å². The molecule has 1 aromatic heterocycles. The van der Waals surface area contributed by atoms with Gasteiger partial charge < -0.3 is 10.6 Å². The lowest BCUT2D eigenvalue weighted by molar-refractivity contribution is 0.0762. The van der Waals surface area contributed by atoms with Crippen molar-refractivity contribution >= 4 is 23.1 Å². The van der Waals surface area contributed by atoms with E-state index in [1.54, 1.807) is 11.1 Å². The van der Waals surface area contributed by atoms with Crippen molar-refractivity contribution in [3.05, 3.63) is 29.6 Å². The maximum Gasteiger partial charge on any atom is 0.272 e. The zero-order valence-electron chi connectivity index (χ0n) is 10.1. The van der Waals surface area contributed by atoms with E-state index in [0.717, 1.165) is 5.56 Å². The van der Waals surface area contributed by atoms with Gasteiger partial charge >= 0.3 is 0 Å². The number of rotatable bonds is 5. The molecule has 0 aliphatic rings. The number of thiocarbonyl (C=S) groups is 1. The Morgan fingerprint density at radius 3 is 2.82 bits per heavy atom. The molecule has 4 nitrogen and oxygen atoms in total. The molecule has 92 valence electrons. The fraction of sp³-hybridized carbons (Fsp3) is 0.417. The summed E-state index contributed by atoms with van der Waals surface area (Å²) in [5.74, 6) is -0.0677. The van der Waals surface area contributed by atoms with E-state index in [1.807, 2.05) is 26.0 Å². The minimum atomic E-state index is -0.0677. The normalized spacial score (nSPS) is 10.0. The zero-order valence-corrected chi connectivity index (χ0v) is 11.0. The van der Waals surface area contributed by atoms with Gasteiger partial charge in [-0.25, -0.2) is 0 Å². The Morgan fingerprint density at radius 2 is 2.29 bits per heavy atom. The molecule has 1 amide bonds. The standard InChI is InChI=1S/C12H17N3OS/c1-3-15(8-6-10(13)17)12(16)11-9(2)5-4-7-14-11/h4-5,7H,3,6,8H2,1-2H3,(H2,13,17). The second-order valence-corrected chi connectivity index (χ2v) is 4.29. The number of nitrogens with zero attached hydrogens (tertiary/aromatic N) is 2. The van der Waals surface area contributed by atoms with Crippen LogP contribution in [0, 0.1) is 6.92 Å². The van der Waals surface area contributed by atoms with Crippen LogP contribution in [0.3, 0.4) is 0 Å². The number of carbonyl (C=O) groups excluding carboxylic acids is 1. The van der Waals surface area contributed by atoms with E-state index in [4.69, 9.17) is 18.0 Å². The predicted octanol–water partition coefficient (Wildman–Crippen LogP) is 1.53. The number of hydrogen-bond donors (Lipinski definition) is 1. The Labute approximate surface area is 107 Å². The highest BCUT2D eigenvalue weighted by Crippen LogP contribution is 2.07. The molecule has 1 aromatic rings. The Morgan fingerprint density at radius 1 is 1.59 bits per heavy atom. The molecule has 0 unspecified atom stereocenters. The van der Waals surface area contributed by atoms with Gasteiger partial charge in [0, 0.05) is 25.7 Å². The van der Waals surface area contributed by atoms with E-state index < -0.39 is 0 Å². The van der Waals surface area contributed by atoms with Gasteiger partial charge in [-0.15, -0.1) is 0 Å². The lowest BCUT2D eigenvalue weighted by Crippen LogP contribution is -2.34. The lowest BCUT2D eigenvalue weighted by Gasteiger charge is -2.20. The summed E-state index contributed by atoms with van der Waals surface area (Å²) < 4.78 is 0. The molecule has 0 aromatic carbocycles. The first-order chi connectivity index (χ1) is 8.06. The minimum absolute atomic E-state index is 0.0677. The van der Waals surface area contributed by atoms with Crippen molar-refractivity contribution in [3.63, 3.8) is 0 Å². The van der Waals surface area contributed by atoms with E-state index in [9.17, 15) is 4.79 Å². The smallest absolute Gasteiger partial charge is 0.272 e. The van der Waals surface area contributed by atoms with Crippen LogP contribution in [0.4, 0.5) is 0 Å². The van der Waals surface area contributed by atoms with Gasteiger partial charge in [0.2, 0.25) is 0 Å². The number of aryl methyl sites for hydroxylation is 1. The maximum atomic E-state index is 12.2. The van der Waals surface area contributed by atoms with Crippen molar-refractivity contribution in [2.24, 2.45) is 5.73 Å². The van der Waals surface area contributed by atoms with Gasteiger partial charge in [0.15, 0.2) is 0 Å². The highest BCUT2D eigenvalue weighted by atomic mass is 32.1. The van der Waals surface area contributed by atoms with Gasteiger partial charge in [0.1, 0.15) is 5.69 Å². The fourth-order valence-electron chi connectivity index (χ4n) is 1.51. The summed E-state index contributed by atoms with van der Waals surface area (Å²) in [5, 5.41) is 0. The highest BCUT2D eigenvalue weighted by molar-refractivity contribution is 7.80. The Balaban J connectivity index is 2.79. The molecule has 0 saturated heterocycles. The molecular formula is C12H17N3OS. The third-order valence-corrected chi connectivity index (χ3v) is 2.71. The van der Waals surface area contributed by atoms with Crippen molar-refractivity contribution in [2.45, 2.75) is 20.3 Å². The molecule has 0 spiro atoms. The van der Waals surface area contributed by atoms with Gasteiger partial charge in [0.05, 0.1) is 4.99 Å². The third-order valence-electron chi connectivity index (χ3n) is 2.51. The average molecular weight is 251 g/mol. The molecule has 0 radical (unpaired) electrons. The fourth-order valence-corrected chi connectivity index (χ4v) is 1.60. The molecule has 2 N–H and O–H groups in total. The van der Waals surface area contributed by atoms with Crippen LogP contribution in [-0.4, -0.2) is 33.9 Å². The van der Waals surface area contributed by atoms with Gasteiger partial charge in [-0.1, -0.05) is 18.3 Å². The van der Waals surface area contributed by atoms with Gasteiger partial charge in [-0.05, 0) is 25.5 Å². The first kappa shape index (κ1) is 13.6. The van der Waals surface area contributed by atoms with Crippen LogP contribution in [0.25, 0.3) is 0 Å². The topological polar surface area (TPSA) is 59.2 Å². The van der Waals surface area contributed by atoms with Crippen LogP contribution in [-0.2, 0) is 0 Å². The molecule has 1 rings (SSSR count). The summed E-state index contributed by atoms with van der Waals surface area (Å²) in [4.78, 5) is 18.4. The highest BCUT2D eigenvalue weighted by Gasteiger charge is 2.16. The molecule has 0 aliphatic carbocycles. The van der Waals surface area contributed by atoms with E-state index in [-0.39, 0.29) is 5.91 Å². The molecule has 0 aliphatic heterocycles. The van der Waals surface area contributed by atoms with E-state index >= 15 is 0 Å². The van der Waals surface area contributed by atoms with Crippen LogP contribution in [0.5, 0.6) is 0 Å². The second-order valence-electron chi connectivity index (χ2n) is 3.77. The molecule has 0 saturated carbocycles. The molecule has 0 bridgehead atoms. The van der Waals surface area contributed by atoms with Crippen LogP contribution < -0.4 is 5.73 Å². The third kappa shape index (κ3) is 3.78. The first-order valence-corrected chi connectivity index (χ1v) is 5.96. The average Bonchev–Trinajstić information content (AvgIpc) is 2.29. The van der Waals surface area contributed by atoms with Crippen molar-refractivity contribution in [1.29, 1.82) is 0 Å². The number of hydrogen-bond acceptors (Lipinski definition) is 3. The SMILES string of the molecule is CCN(CCC(N)=S)C(=O)c1ncccc1C.